The first kappa shape index (κ1) is 8.24. The van der Waals surface area contributed by atoms with Crippen LogP contribution >= 0.6 is 0 Å². The molecule has 2 aliphatic carbocycles. The minimum Gasteiger partial charge on any atom is -0.370 e. The van der Waals surface area contributed by atoms with Crippen LogP contribution in [0.5, 0.6) is 0 Å². The van der Waals surface area contributed by atoms with E-state index in [0.29, 0.717) is 24.2 Å². The molecule has 0 N–H and O–H groups in total. The van der Waals surface area contributed by atoms with Crippen LogP contribution in [0, 0.1) is 11.8 Å². The number of rotatable bonds is 5. The van der Waals surface area contributed by atoms with Gasteiger partial charge < -0.3 is 4.74 Å². The van der Waals surface area contributed by atoms with E-state index in [0.717, 1.165) is 12.8 Å². The first-order chi connectivity index (χ1) is 5.83. The van der Waals surface area contributed by atoms with Crippen molar-refractivity contribution in [3.8, 4) is 0 Å². The Morgan fingerprint density at radius 1 is 1.42 bits per heavy atom. The molecule has 68 valence electrons. The fourth-order valence-corrected chi connectivity index (χ4v) is 1.63. The number of carbonyl (C=O) groups is 1. The molecule has 2 saturated carbocycles. The van der Waals surface area contributed by atoms with Gasteiger partial charge in [0.2, 0.25) is 0 Å². The van der Waals surface area contributed by atoms with E-state index in [2.05, 4.69) is 0 Å². The summed E-state index contributed by atoms with van der Waals surface area (Å²) >= 11 is 0. The maximum atomic E-state index is 11.7. The van der Waals surface area contributed by atoms with Gasteiger partial charge in [-0.1, -0.05) is 0 Å². The summed E-state index contributed by atoms with van der Waals surface area (Å²) in [5.74, 6) is 1.32. The Morgan fingerprint density at radius 3 is 2.50 bits per heavy atom. The minimum absolute atomic E-state index is 0.0394. The van der Waals surface area contributed by atoms with Crippen molar-refractivity contribution in [2.45, 2.75) is 38.7 Å². The predicted molar refractivity (Wildman–Crippen MR) is 45.9 cm³/mol. The molecule has 0 saturated heterocycles. The van der Waals surface area contributed by atoms with Crippen molar-refractivity contribution >= 4 is 5.78 Å². The second-order valence-corrected chi connectivity index (χ2v) is 3.89. The normalized spacial score (nSPS) is 25.4. The van der Waals surface area contributed by atoms with E-state index in [1.807, 2.05) is 6.92 Å². The van der Waals surface area contributed by atoms with Gasteiger partial charge in [-0.3, -0.25) is 4.79 Å². The van der Waals surface area contributed by atoms with Gasteiger partial charge in [0.05, 0.1) is 0 Å². The topological polar surface area (TPSA) is 26.3 Å². The van der Waals surface area contributed by atoms with Gasteiger partial charge in [0, 0.05) is 12.5 Å². The number of Topliss-reactive ketones (excluding diaryl/α,β-unsaturated/α-hetero) is 1. The van der Waals surface area contributed by atoms with Gasteiger partial charge in [0.25, 0.3) is 0 Å². The lowest BCUT2D eigenvalue weighted by molar-refractivity contribution is -0.132. The summed E-state index contributed by atoms with van der Waals surface area (Å²) in [6, 6.07) is 0. The average molecular weight is 168 g/mol. The van der Waals surface area contributed by atoms with Crippen LogP contribution in [-0.4, -0.2) is 18.5 Å². The lowest BCUT2D eigenvalue weighted by Crippen LogP contribution is -2.27. The van der Waals surface area contributed by atoms with Crippen LogP contribution in [0.4, 0.5) is 0 Å². The molecule has 0 radical (unpaired) electrons. The molecule has 2 aliphatic rings. The Balaban J connectivity index is 1.89. The predicted octanol–water partition coefficient (Wildman–Crippen LogP) is 1.78. The molecule has 2 heteroatoms. The summed E-state index contributed by atoms with van der Waals surface area (Å²) < 4.78 is 5.48. The highest BCUT2D eigenvalue weighted by atomic mass is 16.5. The number of carbonyl (C=O) groups excluding carboxylic acids is 1. The Labute approximate surface area is 73.3 Å². The highest BCUT2D eigenvalue weighted by molar-refractivity contribution is 5.87. The SMILES string of the molecule is CCOC(C(=O)C1CC1)C1CC1. The molecule has 2 rings (SSSR count). The summed E-state index contributed by atoms with van der Waals surface area (Å²) in [4.78, 5) is 11.7. The van der Waals surface area contributed by atoms with Crippen LogP contribution < -0.4 is 0 Å². The van der Waals surface area contributed by atoms with Gasteiger partial charge in [-0.15, -0.1) is 0 Å². The molecule has 12 heavy (non-hydrogen) atoms. The van der Waals surface area contributed by atoms with Crippen LogP contribution in [0.15, 0.2) is 0 Å². The molecule has 2 fully saturated rings. The van der Waals surface area contributed by atoms with Crippen molar-refractivity contribution in [3.05, 3.63) is 0 Å². The average Bonchev–Trinajstić information content (AvgIpc) is 2.88. The standard InChI is InChI=1S/C10H16O2/c1-2-12-10(8-5-6-8)9(11)7-3-4-7/h7-8,10H,2-6H2,1H3. The first-order valence-electron chi connectivity index (χ1n) is 4.98. The summed E-state index contributed by atoms with van der Waals surface area (Å²) in [5.41, 5.74) is 0. The fourth-order valence-electron chi connectivity index (χ4n) is 1.63. The van der Waals surface area contributed by atoms with E-state index in [4.69, 9.17) is 4.74 Å². The minimum atomic E-state index is -0.0394. The second-order valence-electron chi connectivity index (χ2n) is 3.89. The second kappa shape index (κ2) is 3.17. The molecule has 0 spiro atoms. The van der Waals surface area contributed by atoms with Crippen LogP contribution in [0.25, 0.3) is 0 Å². The third kappa shape index (κ3) is 1.69. The molecule has 0 amide bonds. The van der Waals surface area contributed by atoms with E-state index in [-0.39, 0.29) is 6.10 Å². The van der Waals surface area contributed by atoms with E-state index >= 15 is 0 Å². The highest BCUT2D eigenvalue weighted by Crippen LogP contribution is 2.40. The summed E-state index contributed by atoms with van der Waals surface area (Å²) in [6.07, 6.45) is 4.57. The molecule has 1 unspecified atom stereocenters. The van der Waals surface area contributed by atoms with Gasteiger partial charge in [0.1, 0.15) is 6.10 Å². The smallest absolute Gasteiger partial charge is 0.164 e. The molecule has 1 atom stereocenters. The Kier molecular flexibility index (Phi) is 2.18. The summed E-state index contributed by atoms with van der Waals surface area (Å²) in [6.45, 7) is 2.65. The maximum Gasteiger partial charge on any atom is 0.164 e. The highest BCUT2D eigenvalue weighted by Gasteiger charge is 2.42. The Hall–Kier alpha value is -0.370. The summed E-state index contributed by atoms with van der Waals surface area (Å²) in [5, 5.41) is 0. The Morgan fingerprint density at radius 2 is 2.08 bits per heavy atom. The number of hydrogen-bond donors (Lipinski definition) is 0. The van der Waals surface area contributed by atoms with Gasteiger partial charge in [0.15, 0.2) is 5.78 Å². The van der Waals surface area contributed by atoms with Crippen molar-refractivity contribution in [1.82, 2.24) is 0 Å². The van der Waals surface area contributed by atoms with E-state index < -0.39 is 0 Å². The Bertz CT molecular complexity index is 180. The molecule has 2 nitrogen and oxygen atoms in total. The van der Waals surface area contributed by atoms with Crippen LogP contribution in [0.1, 0.15) is 32.6 Å². The maximum absolute atomic E-state index is 11.7. The van der Waals surface area contributed by atoms with Gasteiger partial charge in [-0.05, 0) is 38.5 Å². The lowest BCUT2D eigenvalue weighted by Gasteiger charge is -2.14. The van der Waals surface area contributed by atoms with E-state index in [1.165, 1.54) is 12.8 Å². The van der Waals surface area contributed by atoms with Gasteiger partial charge >= 0.3 is 0 Å². The summed E-state index contributed by atoms with van der Waals surface area (Å²) in [7, 11) is 0. The van der Waals surface area contributed by atoms with Crippen LogP contribution in [0.3, 0.4) is 0 Å². The molecule has 0 aromatic carbocycles. The number of ketones is 1. The fraction of sp³-hybridized carbons (Fsp3) is 0.900. The van der Waals surface area contributed by atoms with Gasteiger partial charge in [-0.25, -0.2) is 0 Å². The number of ether oxygens (including phenoxy) is 1. The van der Waals surface area contributed by atoms with Crippen LogP contribution in [0.2, 0.25) is 0 Å². The first-order valence-corrected chi connectivity index (χ1v) is 4.98. The van der Waals surface area contributed by atoms with E-state index in [1.54, 1.807) is 0 Å². The number of hydrogen-bond acceptors (Lipinski definition) is 2. The molecule has 0 heterocycles. The third-order valence-electron chi connectivity index (χ3n) is 2.66. The third-order valence-corrected chi connectivity index (χ3v) is 2.66. The van der Waals surface area contributed by atoms with Crippen molar-refractivity contribution in [2.75, 3.05) is 6.61 Å². The van der Waals surface area contributed by atoms with Crippen molar-refractivity contribution < 1.29 is 9.53 Å². The molecule has 0 bridgehead atoms. The van der Waals surface area contributed by atoms with Crippen molar-refractivity contribution in [1.29, 1.82) is 0 Å². The monoisotopic (exact) mass is 168 g/mol. The zero-order chi connectivity index (χ0) is 8.55. The molecular formula is C10H16O2. The quantitative estimate of drug-likeness (QED) is 0.625. The molecule has 0 aromatic rings. The van der Waals surface area contributed by atoms with E-state index in [9.17, 15) is 4.79 Å². The lowest BCUT2D eigenvalue weighted by atomic mass is 10.1. The zero-order valence-corrected chi connectivity index (χ0v) is 7.58. The van der Waals surface area contributed by atoms with Crippen LogP contribution in [-0.2, 0) is 9.53 Å². The van der Waals surface area contributed by atoms with Gasteiger partial charge in [-0.2, -0.15) is 0 Å². The van der Waals surface area contributed by atoms with Crippen molar-refractivity contribution in [2.24, 2.45) is 11.8 Å². The molecule has 0 aliphatic heterocycles. The molecule has 0 aromatic heterocycles. The van der Waals surface area contributed by atoms with Crippen molar-refractivity contribution in [3.63, 3.8) is 0 Å². The molecular weight excluding hydrogens is 152 g/mol. The largest absolute Gasteiger partial charge is 0.370 e. The zero-order valence-electron chi connectivity index (χ0n) is 7.58.